The van der Waals surface area contributed by atoms with Crippen molar-refractivity contribution in [1.82, 2.24) is 5.32 Å². The molecule has 4 nitrogen and oxygen atoms in total. The highest BCUT2D eigenvalue weighted by molar-refractivity contribution is 6.30. The summed E-state index contributed by atoms with van der Waals surface area (Å²) in [5, 5.41) is 3.15. The molecule has 5 heteroatoms. The number of alkyl carbamates (subject to hydrolysis) is 1. The minimum atomic E-state index is -0.452. The van der Waals surface area contributed by atoms with Gasteiger partial charge in [0.25, 0.3) is 0 Å². The number of halogens is 1. The van der Waals surface area contributed by atoms with Crippen LogP contribution in [0.3, 0.4) is 0 Å². The predicted molar refractivity (Wildman–Crippen MR) is 59.7 cm³/mol. The molecule has 0 fully saturated rings. The highest BCUT2D eigenvalue weighted by Crippen LogP contribution is 2.17. The molecule has 0 bridgehead atoms. The number of nitrogens with one attached hydrogen (secondary N) is 1. The number of ether oxygens (including phenoxy) is 1. The second kappa shape index (κ2) is 5.46. The van der Waals surface area contributed by atoms with Gasteiger partial charge in [-0.15, -0.1) is 0 Å². The first kappa shape index (κ1) is 11.7. The number of nitrogen functional groups attached to an aromatic ring is 1. The number of hydrogen-bond acceptors (Lipinski definition) is 3. The van der Waals surface area contributed by atoms with E-state index in [1.54, 1.807) is 25.1 Å². The minimum Gasteiger partial charge on any atom is -0.450 e. The Hall–Kier alpha value is -1.42. The number of benzene rings is 1. The first-order valence-electron chi connectivity index (χ1n) is 4.58. The van der Waals surface area contributed by atoms with E-state index >= 15 is 0 Å². The number of rotatable bonds is 3. The van der Waals surface area contributed by atoms with Crippen LogP contribution in [0.5, 0.6) is 0 Å². The fourth-order valence-electron chi connectivity index (χ4n) is 1.08. The maximum atomic E-state index is 11.0. The quantitative estimate of drug-likeness (QED) is 0.780. The summed E-state index contributed by atoms with van der Waals surface area (Å²) in [4.78, 5) is 11.0. The van der Waals surface area contributed by atoms with E-state index < -0.39 is 6.09 Å². The maximum absolute atomic E-state index is 11.0. The fourth-order valence-corrected chi connectivity index (χ4v) is 1.26. The van der Waals surface area contributed by atoms with E-state index in [1.807, 2.05) is 0 Å². The molecule has 15 heavy (non-hydrogen) atoms. The molecule has 0 radical (unpaired) electrons. The van der Waals surface area contributed by atoms with Gasteiger partial charge in [0.15, 0.2) is 0 Å². The van der Waals surface area contributed by atoms with Crippen molar-refractivity contribution in [3.63, 3.8) is 0 Å². The van der Waals surface area contributed by atoms with Crippen LogP contribution in [0.15, 0.2) is 18.2 Å². The molecule has 0 atom stereocenters. The lowest BCUT2D eigenvalue weighted by atomic mass is 10.2. The molecule has 1 aromatic rings. The van der Waals surface area contributed by atoms with Gasteiger partial charge < -0.3 is 15.8 Å². The second-order valence-electron chi connectivity index (χ2n) is 2.92. The topological polar surface area (TPSA) is 64.3 Å². The van der Waals surface area contributed by atoms with Crippen LogP contribution < -0.4 is 11.1 Å². The van der Waals surface area contributed by atoms with Crippen molar-refractivity contribution in [2.75, 3.05) is 12.3 Å². The van der Waals surface area contributed by atoms with Gasteiger partial charge in [-0.05, 0) is 24.6 Å². The maximum Gasteiger partial charge on any atom is 0.407 e. The zero-order valence-electron chi connectivity index (χ0n) is 8.42. The number of nitrogens with two attached hydrogens (primary N) is 1. The number of anilines is 1. The lowest BCUT2D eigenvalue weighted by molar-refractivity contribution is 0.151. The van der Waals surface area contributed by atoms with Crippen molar-refractivity contribution >= 4 is 23.4 Å². The average Bonchev–Trinajstić information content (AvgIpc) is 2.17. The third-order valence-corrected chi connectivity index (χ3v) is 2.04. The molecule has 1 rings (SSSR count). The van der Waals surface area contributed by atoms with Gasteiger partial charge in [0.1, 0.15) is 0 Å². The SMILES string of the molecule is CCOC(=O)NCc1ccc(Cl)cc1N. The number of carbonyl (C=O) groups is 1. The van der Waals surface area contributed by atoms with Gasteiger partial charge in [0, 0.05) is 17.3 Å². The molecule has 0 spiro atoms. The molecule has 1 aromatic carbocycles. The van der Waals surface area contributed by atoms with Crippen molar-refractivity contribution in [3.8, 4) is 0 Å². The van der Waals surface area contributed by atoms with E-state index in [4.69, 9.17) is 22.1 Å². The Bertz CT molecular complexity index is 355. The molecule has 0 aliphatic rings. The summed E-state index contributed by atoms with van der Waals surface area (Å²) in [6.07, 6.45) is -0.452. The summed E-state index contributed by atoms with van der Waals surface area (Å²) in [5.74, 6) is 0. The van der Waals surface area contributed by atoms with Crippen molar-refractivity contribution in [2.45, 2.75) is 13.5 Å². The normalized spacial score (nSPS) is 9.73. The molecular formula is C10H13ClN2O2. The molecule has 0 aromatic heterocycles. The van der Waals surface area contributed by atoms with Crippen LogP contribution in [-0.2, 0) is 11.3 Å². The Kier molecular flexibility index (Phi) is 4.24. The molecule has 82 valence electrons. The van der Waals surface area contributed by atoms with Crippen LogP contribution in [0.25, 0.3) is 0 Å². The summed E-state index contributed by atoms with van der Waals surface area (Å²) >= 11 is 5.74. The van der Waals surface area contributed by atoms with Gasteiger partial charge in [0.05, 0.1) is 6.61 Å². The van der Waals surface area contributed by atoms with E-state index in [2.05, 4.69) is 5.32 Å². The Morgan fingerprint density at radius 2 is 2.33 bits per heavy atom. The monoisotopic (exact) mass is 228 g/mol. The molecule has 3 N–H and O–H groups in total. The van der Waals surface area contributed by atoms with Gasteiger partial charge in [0.2, 0.25) is 0 Å². The lowest BCUT2D eigenvalue weighted by Gasteiger charge is -2.07. The highest BCUT2D eigenvalue weighted by atomic mass is 35.5. The fraction of sp³-hybridized carbons (Fsp3) is 0.300. The smallest absolute Gasteiger partial charge is 0.407 e. The van der Waals surface area contributed by atoms with Crippen LogP contribution in [0, 0.1) is 0 Å². The van der Waals surface area contributed by atoms with Crippen LogP contribution in [0.1, 0.15) is 12.5 Å². The Morgan fingerprint density at radius 1 is 1.60 bits per heavy atom. The standard InChI is InChI=1S/C10H13ClN2O2/c1-2-15-10(14)13-6-7-3-4-8(11)5-9(7)12/h3-5H,2,6,12H2,1H3,(H,13,14). The predicted octanol–water partition coefficient (Wildman–Crippen LogP) is 2.17. The highest BCUT2D eigenvalue weighted by Gasteiger charge is 2.03. The molecule has 0 unspecified atom stereocenters. The Balaban J connectivity index is 2.54. The summed E-state index contributed by atoms with van der Waals surface area (Å²) in [6.45, 7) is 2.43. The van der Waals surface area contributed by atoms with Gasteiger partial charge in [-0.1, -0.05) is 17.7 Å². The van der Waals surface area contributed by atoms with Crippen LogP contribution in [0.2, 0.25) is 5.02 Å². The third-order valence-electron chi connectivity index (χ3n) is 1.81. The largest absolute Gasteiger partial charge is 0.450 e. The summed E-state index contributed by atoms with van der Waals surface area (Å²) in [5.41, 5.74) is 7.07. The summed E-state index contributed by atoms with van der Waals surface area (Å²) in [7, 11) is 0. The van der Waals surface area contributed by atoms with Crippen molar-refractivity contribution in [2.24, 2.45) is 0 Å². The van der Waals surface area contributed by atoms with Crippen molar-refractivity contribution < 1.29 is 9.53 Å². The minimum absolute atomic E-state index is 0.335. The molecule has 0 aliphatic heterocycles. The average molecular weight is 229 g/mol. The zero-order chi connectivity index (χ0) is 11.3. The first-order valence-corrected chi connectivity index (χ1v) is 4.95. The zero-order valence-corrected chi connectivity index (χ0v) is 9.17. The third kappa shape index (κ3) is 3.67. The van der Waals surface area contributed by atoms with Gasteiger partial charge >= 0.3 is 6.09 Å². The van der Waals surface area contributed by atoms with Crippen LogP contribution in [-0.4, -0.2) is 12.7 Å². The van der Waals surface area contributed by atoms with E-state index in [0.29, 0.717) is 23.9 Å². The van der Waals surface area contributed by atoms with Crippen molar-refractivity contribution in [1.29, 1.82) is 0 Å². The second-order valence-corrected chi connectivity index (χ2v) is 3.35. The molecule has 0 heterocycles. The van der Waals surface area contributed by atoms with Gasteiger partial charge in [-0.3, -0.25) is 0 Å². The molecule has 0 aliphatic carbocycles. The van der Waals surface area contributed by atoms with Crippen molar-refractivity contribution in [3.05, 3.63) is 28.8 Å². The molecule has 1 amide bonds. The molecule has 0 saturated heterocycles. The number of hydrogen-bond donors (Lipinski definition) is 2. The van der Waals surface area contributed by atoms with E-state index in [9.17, 15) is 4.79 Å². The molecule has 0 saturated carbocycles. The van der Waals surface area contributed by atoms with E-state index in [1.165, 1.54) is 0 Å². The Labute approximate surface area is 93.4 Å². The van der Waals surface area contributed by atoms with Gasteiger partial charge in [-0.25, -0.2) is 4.79 Å². The lowest BCUT2D eigenvalue weighted by Crippen LogP contribution is -2.24. The first-order chi connectivity index (χ1) is 7.13. The number of amides is 1. The summed E-state index contributed by atoms with van der Waals surface area (Å²) < 4.78 is 4.71. The van der Waals surface area contributed by atoms with Crippen LogP contribution >= 0.6 is 11.6 Å². The van der Waals surface area contributed by atoms with Crippen LogP contribution in [0.4, 0.5) is 10.5 Å². The van der Waals surface area contributed by atoms with E-state index in [-0.39, 0.29) is 0 Å². The Morgan fingerprint density at radius 3 is 2.93 bits per heavy atom. The van der Waals surface area contributed by atoms with E-state index in [0.717, 1.165) is 5.56 Å². The summed E-state index contributed by atoms with van der Waals surface area (Å²) in [6, 6.07) is 5.13. The van der Waals surface area contributed by atoms with Gasteiger partial charge in [-0.2, -0.15) is 0 Å². The number of carbonyl (C=O) groups excluding carboxylic acids is 1. The molecular weight excluding hydrogens is 216 g/mol.